The van der Waals surface area contributed by atoms with E-state index in [1.807, 2.05) is 12.2 Å². The van der Waals surface area contributed by atoms with Gasteiger partial charge in [0.2, 0.25) is 23.6 Å². The maximum atomic E-state index is 12.8. The van der Waals surface area contributed by atoms with Crippen LogP contribution in [0.15, 0.2) is 30.5 Å². The van der Waals surface area contributed by atoms with Crippen molar-refractivity contribution in [2.75, 3.05) is 25.0 Å². The fourth-order valence-corrected chi connectivity index (χ4v) is 4.47. The highest BCUT2D eigenvalue weighted by Gasteiger charge is 2.48. The van der Waals surface area contributed by atoms with E-state index in [0.29, 0.717) is 43.1 Å². The first kappa shape index (κ1) is 20.5. The number of halogens is 1. The SMILES string of the molecule is O=C(Nc1ccc(Cl)cn1)[C@@H]1CCCN(C(=O)CN2C(=O)[C@H]3CC=CC[C@@H]3C2=O)C1. The van der Waals surface area contributed by atoms with Gasteiger partial charge < -0.3 is 10.2 Å². The van der Waals surface area contributed by atoms with Gasteiger partial charge in [-0.1, -0.05) is 23.8 Å². The molecule has 30 heavy (non-hydrogen) atoms. The molecule has 1 aromatic rings. The number of pyridine rings is 1. The van der Waals surface area contributed by atoms with Crippen molar-refractivity contribution in [2.45, 2.75) is 25.7 Å². The molecule has 0 aromatic carbocycles. The van der Waals surface area contributed by atoms with Crippen LogP contribution in [-0.4, -0.2) is 58.0 Å². The molecule has 2 aliphatic heterocycles. The van der Waals surface area contributed by atoms with E-state index < -0.39 is 0 Å². The van der Waals surface area contributed by atoms with E-state index in [1.54, 1.807) is 17.0 Å². The molecule has 0 radical (unpaired) electrons. The number of hydrogen-bond donors (Lipinski definition) is 1. The maximum absolute atomic E-state index is 12.8. The Morgan fingerprint density at radius 2 is 1.83 bits per heavy atom. The van der Waals surface area contributed by atoms with Crippen LogP contribution in [-0.2, 0) is 19.2 Å². The third kappa shape index (κ3) is 4.09. The van der Waals surface area contributed by atoms with Crippen LogP contribution in [0.5, 0.6) is 0 Å². The molecule has 3 heterocycles. The molecule has 2 fully saturated rings. The number of likely N-dealkylation sites (tertiary alicyclic amines) is 2. The molecule has 3 atom stereocenters. The molecule has 9 heteroatoms. The summed E-state index contributed by atoms with van der Waals surface area (Å²) in [7, 11) is 0. The Labute approximate surface area is 179 Å². The minimum absolute atomic E-state index is 0.215. The molecule has 1 aromatic heterocycles. The van der Waals surface area contributed by atoms with Crippen LogP contribution in [0.3, 0.4) is 0 Å². The van der Waals surface area contributed by atoms with Gasteiger partial charge in [-0.3, -0.25) is 24.1 Å². The highest BCUT2D eigenvalue weighted by Crippen LogP contribution is 2.35. The van der Waals surface area contributed by atoms with Crippen molar-refractivity contribution >= 4 is 41.0 Å². The lowest BCUT2D eigenvalue weighted by atomic mass is 9.85. The van der Waals surface area contributed by atoms with Crippen LogP contribution in [0, 0.1) is 17.8 Å². The number of rotatable bonds is 4. The van der Waals surface area contributed by atoms with Crippen LogP contribution in [0.1, 0.15) is 25.7 Å². The van der Waals surface area contributed by atoms with Crippen LogP contribution >= 0.6 is 11.6 Å². The highest BCUT2D eigenvalue weighted by atomic mass is 35.5. The van der Waals surface area contributed by atoms with Crippen molar-refractivity contribution < 1.29 is 19.2 Å². The molecule has 1 aliphatic carbocycles. The van der Waals surface area contributed by atoms with E-state index in [-0.39, 0.29) is 54.5 Å². The lowest BCUT2D eigenvalue weighted by Gasteiger charge is -2.32. The van der Waals surface area contributed by atoms with Crippen molar-refractivity contribution in [2.24, 2.45) is 17.8 Å². The Morgan fingerprint density at radius 1 is 1.13 bits per heavy atom. The number of carbonyl (C=O) groups excluding carboxylic acids is 4. The molecular weight excluding hydrogens is 408 g/mol. The average molecular weight is 431 g/mol. The summed E-state index contributed by atoms with van der Waals surface area (Å²) >= 11 is 5.81. The van der Waals surface area contributed by atoms with Crippen molar-refractivity contribution in [1.29, 1.82) is 0 Å². The molecule has 8 nitrogen and oxygen atoms in total. The van der Waals surface area contributed by atoms with Crippen LogP contribution in [0.4, 0.5) is 5.82 Å². The maximum Gasteiger partial charge on any atom is 0.242 e. The largest absolute Gasteiger partial charge is 0.340 e. The monoisotopic (exact) mass is 430 g/mol. The highest BCUT2D eigenvalue weighted by molar-refractivity contribution is 6.30. The number of piperidine rings is 1. The topological polar surface area (TPSA) is 99.7 Å². The molecule has 4 rings (SSSR count). The molecule has 0 bridgehead atoms. The van der Waals surface area contributed by atoms with Crippen molar-refractivity contribution in [3.8, 4) is 0 Å². The summed E-state index contributed by atoms with van der Waals surface area (Å²) < 4.78 is 0. The fourth-order valence-electron chi connectivity index (χ4n) is 4.36. The fraction of sp³-hybridized carbons (Fsp3) is 0.476. The number of nitrogens with zero attached hydrogens (tertiary/aromatic N) is 3. The van der Waals surface area contributed by atoms with Crippen molar-refractivity contribution in [1.82, 2.24) is 14.8 Å². The van der Waals surface area contributed by atoms with Crippen LogP contribution < -0.4 is 5.32 Å². The van der Waals surface area contributed by atoms with Crippen molar-refractivity contribution in [3.05, 3.63) is 35.5 Å². The smallest absolute Gasteiger partial charge is 0.242 e. The van der Waals surface area contributed by atoms with Crippen LogP contribution in [0.2, 0.25) is 5.02 Å². The first-order valence-electron chi connectivity index (χ1n) is 10.1. The summed E-state index contributed by atoms with van der Waals surface area (Å²) in [5.41, 5.74) is 0. The number of aromatic nitrogens is 1. The van der Waals surface area contributed by atoms with Gasteiger partial charge in [0.1, 0.15) is 12.4 Å². The normalized spacial score (nSPS) is 26.0. The second kappa shape index (κ2) is 8.55. The molecule has 4 amide bonds. The number of imide groups is 1. The van der Waals surface area contributed by atoms with Gasteiger partial charge in [0.15, 0.2) is 0 Å². The van der Waals surface area contributed by atoms with Gasteiger partial charge in [0.05, 0.1) is 22.8 Å². The lowest BCUT2D eigenvalue weighted by Crippen LogP contribution is -2.48. The Bertz CT molecular complexity index is 875. The van der Waals surface area contributed by atoms with Crippen LogP contribution in [0.25, 0.3) is 0 Å². The predicted molar refractivity (Wildman–Crippen MR) is 109 cm³/mol. The number of hydrogen-bond acceptors (Lipinski definition) is 5. The number of amides is 4. The zero-order valence-electron chi connectivity index (χ0n) is 16.4. The van der Waals surface area contributed by atoms with Crippen molar-refractivity contribution in [3.63, 3.8) is 0 Å². The molecule has 0 spiro atoms. The quantitative estimate of drug-likeness (QED) is 0.580. The molecule has 1 N–H and O–H groups in total. The predicted octanol–water partition coefficient (Wildman–Crippen LogP) is 1.86. The zero-order chi connectivity index (χ0) is 21.3. The molecular formula is C21H23ClN4O4. The van der Waals surface area contributed by atoms with E-state index in [0.717, 1.165) is 4.90 Å². The minimum atomic E-state index is -0.378. The van der Waals surface area contributed by atoms with Gasteiger partial charge in [0, 0.05) is 19.3 Å². The van der Waals surface area contributed by atoms with E-state index in [2.05, 4.69) is 10.3 Å². The third-order valence-electron chi connectivity index (χ3n) is 6.02. The van der Waals surface area contributed by atoms with E-state index >= 15 is 0 Å². The summed E-state index contributed by atoms with van der Waals surface area (Å²) in [4.78, 5) is 57.3. The van der Waals surface area contributed by atoms with E-state index in [4.69, 9.17) is 11.6 Å². The third-order valence-corrected chi connectivity index (χ3v) is 6.24. The summed E-state index contributed by atoms with van der Waals surface area (Å²) in [6.07, 6.45) is 7.71. The van der Waals surface area contributed by atoms with E-state index in [1.165, 1.54) is 6.20 Å². The average Bonchev–Trinajstić information content (AvgIpc) is 3.00. The van der Waals surface area contributed by atoms with Gasteiger partial charge in [-0.25, -0.2) is 4.98 Å². The summed E-state index contributed by atoms with van der Waals surface area (Å²) in [6, 6.07) is 3.25. The van der Waals surface area contributed by atoms with Gasteiger partial charge in [-0.15, -0.1) is 0 Å². The Kier molecular flexibility index (Phi) is 5.85. The molecule has 0 unspecified atom stereocenters. The van der Waals surface area contributed by atoms with Gasteiger partial charge in [-0.05, 0) is 37.8 Å². The molecule has 3 aliphatic rings. The van der Waals surface area contributed by atoms with Gasteiger partial charge in [0.25, 0.3) is 0 Å². The first-order valence-corrected chi connectivity index (χ1v) is 10.5. The number of anilines is 1. The van der Waals surface area contributed by atoms with Gasteiger partial charge >= 0.3 is 0 Å². The molecule has 158 valence electrons. The number of carbonyl (C=O) groups is 4. The number of fused-ring (bicyclic) bond motifs is 1. The summed E-state index contributed by atoms with van der Waals surface area (Å²) in [6.45, 7) is 0.507. The van der Waals surface area contributed by atoms with Gasteiger partial charge in [-0.2, -0.15) is 0 Å². The standard InChI is InChI=1S/C21H23ClN4O4/c22-14-7-8-17(23-10-14)24-19(28)13-4-3-9-25(11-13)18(27)12-26-20(29)15-5-1-2-6-16(15)21(26)30/h1-2,7-8,10,13,15-16H,3-6,9,11-12H2,(H,23,24,28)/t13-,15+,16+/m1/s1. The second-order valence-electron chi connectivity index (χ2n) is 7.95. The number of nitrogens with one attached hydrogen (secondary N) is 1. The zero-order valence-corrected chi connectivity index (χ0v) is 17.2. The molecule has 0 saturated carbocycles. The summed E-state index contributed by atoms with van der Waals surface area (Å²) in [5, 5.41) is 3.22. The second-order valence-corrected chi connectivity index (χ2v) is 8.38. The van der Waals surface area contributed by atoms with E-state index in [9.17, 15) is 19.2 Å². The Morgan fingerprint density at radius 3 is 2.47 bits per heavy atom. The minimum Gasteiger partial charge on any atom is -0.340 e. The lowest BCUT2D eigenvalue weighted by molar-refractivity contribution is -0.147. The summed E-state index contributed by atoms with van der Waals surface area (Å²) in [5.74, 6) is -1.71. The number of allylic oxidation sites excluding steroid dienone is 2. The first-order chi connectivity index (χ1) is 14.4. The molecule has 2 saturated heterocycles. The Hall–Kier alpha value is -2.74. The Balaban J connectivity index is 1.35.